The van der Waals surface area contributed by atoms with Crippen LogP contribution in [0, 0.1) is 6.92 Å². The third kappa shape index (κ3) is 0.781. The van der Waals surface area contributed by atoms with Crippen molar-refractivity contribution in [3.8, 4) is 0 Å². The minimum absolute atomic E-state index is 0.0903. The third-order valence-electron chi connectivity index (χ3n) is 1.54. The molecule has 1 aromatic heterocycles. The van der Waals surface area contributed by atoms with Gasteiger partial charge >= 0.3 is 0 Å². The number of carbonyl (C=O) groups is 1. The molecular formula is C6H5NO4S. The van der Waals surface area contributed by atoms with Crippen molar-refractivity contribution in [1.82, 2.24) is 4.72 Å². The highest BCUT2D eigenvalue weighted by atomic mass is 32.2. The Bertz CT molecular complexity index is 456. The number of rotatable bonds is 0. The van der Waals surface area contributed by atoms with E-state index >= 15 is 0 Å². The molecule has 0 saturated heterocycles. The normalized spacial score (nSPS) is 18.9. The molecule has 0 unspecified atom stereocenters. The molecule has 0 aliphatic carbocycles. The van der Waals surface area contributed by atoms with Crippen LogP contribution in [0.4, 0.5) is 0 Å². The van der Waals surface area contributed by atoms with Gasteiger partial charge in [0.25, 0.3) is 21.0 Å². The van der Waals surface area contributed by atoms with Crippen molar-refractivity contribution in [2.24, 2.45) is 0 Å². The molecule has 0 bridgehead atoms. The molecule has 12 heavy (non-hydrogen) atoms. The van der Waals surface area contributed by atoms with Crippen LogP contribution in [-0.4, -0.2) is 14.3 Å². The summed E-state index contributed by atoms with van der Waals surface area (Å²) in [7, 11) is -3.70. The van der Waals surface area contributed by atoms with Gasteiger partial charge in [0, 0.05) is 0 Å². The van der Waals surface area contributed by atoms with Crippen LogP contribution in [0.5, 0.6) is 0 Å². The number of hydrogen-bond acceptors (Lipinski definition) is 4. The van der Waals surface area contributed by atoms with E-state index in [1.54, 1.807) is 11.6 Å². The van der Waals surface area contributed by atoms with Gasteiger partial charge in [0.1, 0.15) is 11.3 Å². The Kier molecular flexibility index (Phi) is 1.16. The highest BCUT2D eigenvalue weighted by Crippen LogP contribution is 2.25. The lowest BCUT2D eigenvalue weighted by Crippen LogP contribution is -2.21. The third-order valence-corrected chi connectivity index (χ3v) is 2.78. The van der Waals surface area contributed by atoms with Crippen molar-refractivity contribution >= 4 is 15.9 Å². The summed E-state index contributed by atoms with van der Waals surface area (Å²) in [5.41, 5.74) is 0.0903. The topological polar surface area (TPSA) is 76.4 Å². The molecule has 1 N–H and O–H groups in total. The summed E-state index contributed by atoms with van der Waals surface area (Å²) in [5.74, 6) is -0.208. The van der Waals surface area contributed by atoms with Gasteiger partial charge in [-0.15, -0.1) is 0 Å². The molecule has 1 aromatic rings. The molecule has 0 saturated carbocycles. The number of sulfonamides is 1. The Morgan fingerprint density at radius 2 is 2.17 bits per heavy atom. The van der Waals surface area contributed by atoms with Gasteiger partial charge in [-0.05, 0) is 13.0 Å². The molecule has 1 aliphatic heterocycles. The summed E-state index contributed by atoms with van der Waals surface area (Å²) < 4.78 is 28.7. The first kappa shape index (κ1) is 7.35. The average molecular weight is 187 g/mol. The number of aryl methyl sites for hydroxylation is 1. The lowest BCUT2D eigenvalue weighted by Gasteiger charge is -1.90. The van der Waals surface area contributed by atoms with E-state index in [1.165, 1.54) is 6.07 Å². The maximum absolute atomic E-state index is 11.1. The van der Waals surface area contributed by atoms with Crippen molar-refractivity contribution in [2.45, 2.75) is 12.0 Å². The van der Waals surface area contributed by atoms with Gasteiger partial charge in [0.2, 0.25) is 0 Å². The molecule has 0 radical (unpaired) electrons. The zero-order valence-electron chi connectivity index (χ0n) is 6.12. The molecule has 0 aromatic carbocycles. The Labute approximate surface area is 68.4 Å². The number of furan rings is 1. The van der Waals surface area contributed by atoms with Crippen molar-refractivity contribution in [2.75, 3.05) is 0 Å². The first-order valence-electron chi connectivity index (χ1n) is 3.18. The van der Waals surface area contributed by atoms with Crippen molar-refractivity contribution in [3.05, 3.63) is 17.4 Å². The predicted molar refractivity (Wildman–Crippen MR) is 38.1 cm³/mol. The van der Waals surface area contributed by atoms with Gasteiger partial charge in [0.15, 0.2) is 0 Å². The molecule has 1 amide bonds. The second kappa shape index (κ2) is 1.89. The van der Waals surface area contributed by atoms with Gasteiger partial charge in [-0.25, -0.2) is 4.72 Å². The number of fused-ring (bicyclic) bond motifs is 1. The van der Waals surface area contributed by atoms with Crippen LogP contribution >= 0.6 is 0 Å². The zero-order valence-corrected chi connectivity index (χ0v) is 6.94. The van der Waals surface area contributed by atoms with Crippen molar-refractivity contribution < 1.29 is 17.6 Å². The van der Waals surface area contributed by atoms with E-state index in [9.17, 15) is 13.2 Å². The van der Waals surface area contributed by atoms with E-state index in [0.717, 1.165) is 0 Å². The second-order valence-electron chi connectivity index (χ2n) is 2.49. The molecule has 1 aliphatic rings. The van der Waals surface area contributed by atoms with Crippen LogP contribution in [0.1, 0.15) is 16.1 Å². The molecular weight excluding hydrogens is 182 g/mol. The van der Waals surface area contributed by atoms with Crippen LogP contribution in [0.15, 0.2) is 15.6 Å². The van der Waals surface area contributed by atoms with Crippen LogP contribution in [0.2, 0.25) is 0 Å². The van der Waals surface area contributed by atoms with Crippen LogP contribution < -0.4 is 4.72 Å². The van der Waals surface area contributed by atoms with E-state index in [4.69, 9.17) is 4.42 Å². The lowest BCUT2D eigenvalue weighted by atomic mass is 10.3. The Hall–Kier alpha value is -1.30. The average Bonchev–Trinajstić information content (AvgIpc) is 2.37. The summed E-state index contributed by atoms with van der Waals surface area (Å²) in [4.78, 5) is 10.9. The van der Waals surface area contributed by atoms with Crippen molar-refractivity contribution in [1.29, 1.82) is 0 Å². The minimum Gasteiger partial charge on any atom is -0.448 e. The SMILES string of the molecule is Cc1cc2c(o1)S(=O)(=O)NC2=O. The molecule has 0 atom stereocenters. The maximum atomic E-state index is 11.1. The number of hydrogen-bond donors (Lipinski definition) is 1. The van der Waals surface area contributed by atoms with Gasteiger partial charge in [-0.2, -0.15) is 8.42 Å². The Morgan fingerprint density at radius 1 is 1.50 bits per heavy atom. The summed E-state index contributed by atoms with van der Waals surface area (Å²) in [5, 5.41) is -0.273. The molecule has 2 heterocycles. The fourth-order valence-electron chi connectivity index (χ4n) is 1.07. The predicted octanol–water partition coefficient (Wildman–Crippen LogP) is 0.0201. The molecule has 5 nitrogen and oxygen atoms in total. The van der Waals surface area contributed by atoms with Gasteiger partial charge in [-0.3, -0.25) is 4.79 Å². The van der Waals surface area contributed by atoms with Gasteiger partial charge < -0.3 is 4.42 Å². The van der Waals surface area contributed by atoms with Crippen molar-refractivity contribution in [3.63, 3.8) is 0 Å². The highest BCUT2D eigenvalue weighted by Gasteiger charge is 2.36. The summed E-state index contributed by atoms with van der Waals surface area (Å²) in [6.07, 6.45) is 0. The summed E-state index contributed by atoms with van der Waals surface area (Å²) in [6.45, 7) is 1.58. The first-order valence-corrected chi connectivity index (χ1v) is 4.66. The van der Waals surface area contributed by atoms with Gasteiger partial charge in [-0.1, -0.05) is 0 Å². The standard InChI is InChI=1S/C6H5NO4S/c1-3-2-4-5(8)7-12(9,10)6(4)11-3/h2H,1H3,(H,7,8). The molecule has 6 heteroatoms. The van der Waals surface area contributed by atoms with E-state index < -0.39 is 15.9 Å². The fraction of sp³-hybridized carbons (Fsp3) is 0.167. The van der Waals surface area contributed by atoms with E-state index in [1.807, 2.05) is 0 Å². The van der Waals surface area contributed by atoms with E-state index in [0.29, 0.717) is 5.76 Å². The minimum atomic E-state index is -3.70. The van der Waals surface area contributed by atoms with Crippen LogP contribution in [0.3, 0.4) is 0 Å². The highest BCUT2D eigenvalue weighted by molar-refractivity contribution is 7.90. The number of amides is 1. The Balaban J connectivity index is 2.81. The fourth-order valence-corrected chi connectivity index (χ4v) is 2.20. The molecule has 2 rings (SSSR count). The second-order valence-corrected chi connectivity index (χ2v) is 4.07. The maximum Gasteiger partial charge on any atom is 0.298 e. The van der Waals surface area contributed by atoms with Crippen LogP contribution in [0.25, 0.3) is 0 Å². The van der Waals surface area contributed by atoms with E-state index in [-0.39, 0.29) is 10.7 Å². The molecule has 0 spiro atoms. The Morgan fingerprint density at radius 3 is 2.75 bits per heavy atom. The van der Waals surface area contributed by atoms with Gasteiger partial charge in [0.05, 0.1) is 0 Å². The summed E-state index contributed by atoms with van der Waals surface area (Å²) >= 11 is 0. The summed E-state index contributed by atoms with van der Waals surface area (Å²) in [6, 6.07) is 1.40. The quantitative estimate of drug-likeness (QED) is 0.621. The first-order chi connectivity index (χ1) is 5.50. The zero-order chi connectivity index (χ0) is 8.93. The molecule has 64 valence electrons. The van der Waals surface area contributed by atoms with E-state index in [2.05, 4.69) is 0 Å². The monoisotopic (exact) mass is 187 g/mol. The number of carbonyl (C=O) groups excluding carboxylic acids is 1. The smallest absolute Gasteiger partial charge is 0.298 e. The largest absolute Gasteiger partial charge is 0.448 e. The van der Waals surface area contributed by atoms with Crippen LogP contribution in [-0.2, 0) is 10.0 Å². The number of nitrogens with one attached hydrogen (secondary N) is 1. The lowest BCUT2D eigenvalue weighted by molar-refractivity contribution is 0.0984. The molecule has 0 fully saturated rings.